The Morgan fingerprint density at radius 1 is 1.10 bits per heavy atom. The minimum absolute atomic E-state index is 0.0870. The zero-order valence-electron chi connectivity index (χ0n) is 15.4. The highest BCUT2D eigenvalue weighted by Crippen LogP contribution is 2.34. The van der Waals surface area contributed by atoms with Gasteiger partial charge in [0.25, 0.3) is 5.56 Å². The third kappa shape index (κ3) is 3.64. The Hall–Kier alpha value is -3.09. The summed E-state index contributed by atoms with van der Waals surface area (Å²) in [6.45, 7) is 0.283. The third-order valence-electron chi connectivity index (χ3n) is 4.58. The molecule has 2 heterocycles. The van der Waals surface area contributed by atoms with E-state index in [2.05, 4.69) is 9.97 Å². The number of hydrogen-bond donors (Lipinski definition) is 1. The number of nitrogens with zero attached hydrogens (tertiary/aromatic N) is 3. The van der Waals surface area contributed by atoms with Gasteiger partial charge in [0.1, 0.15) is 11.4 Å². The second-order valence-electron chi connectivity index (χ2n) is 6.40. The predicted molar refractivity (Wildman–Crippen MR) is 116 cm³/mol. The first-order valence-corrected chi connectivity index (χ1v) is 9.47. The van der Waals surface area contributed by atoms with Crippen molar-refractivity contribution in [1.29, 1.82) is 0 Å². The predicted octanol–water partition coefficient (Wildman–Crippen LogP) is 4.40. The molecule has 0 aliphatic rings. The number of rotatable bonds is 4. The maximum Gasteiger partial charge on any atom is 0.260 e. The zero-order valence-corrected chi connectivity index (χ0v) is 16.9. The summed E-state index contributed by atoms with van der Waals surface area (Å²) in [6.07, 6.45) is 1.58. The van der Waals surface area contributed by atoms with Crippen molar-refractivity contribution < 1.29 is 4.74 Å². The molecule has 0 bridgehead atoms. The van der Waals surface area contributed by atoms with E-state index in [1.54, 1.807) is 42.1 Å². The van der Waals surface area contributed by atoms with E-state index in [1.807, 2.05) is 24.3 Å². The Morgan fingerprint density at radius 2 is 1.79 bits per heavy atom. The molecule has 2 N–H and O–H groups in total. The fourth-order valence-corrected chi connectivity index (χ4v) is 3.77. The fraction of sp³-hybridized carbons (Fsp3) is 0.0952. The van der Waals surface area contributed by atoms with E-state index in [-0.39, 0.29) is 18.1 Å². The average Bonchev–Trinajstić information content (AvgIpc) is 2.71. The van der Waals surface area contributed by atoms with Crippen LogP contribution in [-0.4, -0.2) is 21.6 Å². The summed E-state index contributed by atoms with van der Waals surface area (Å²) in [5, 5.41) is 1.43. The van der Waals surface area contributed by atoms with E-state index in [4.69, 9.17) is 33.7 Å². The van der Waals surface area contributed by atoms with E-state index in [0.717, 1.165) is 11.3 Å². The standard InChI is InChI=1S/C21H16Cl2N4O2/c1-29-14-7-5-12(6-8-14)11-27-19-13(10-25-21(24)26-19)9-15(20(27)28)18-16(22)3-2-4-17(18)23/h2-10H,11H2,1H3,(H2,24,25,26). The highest BCUT2D eigenvalue weighted by Gasteiger charge is 2.17. The molecule has 0 amide bonds. The Morgan fingerprint density at radius 3 is 2.45 bits per heavy atom. The van der Waals surface area contributed by atoms with E-state index in [1.165, 1.54) is 0 Å². The Balaban J connectivity index is 1.97. The molecule has 2 aromatic heterocycles. The number of nitrogens with two attached hydrogens (primary N) is 1. The molecule has 0 unspecified atom stereocenters. The molecule has 0 fully saturated rings. The van der Waals surface area contributed by atoms with Crippen LogP contribution in [-0.2, 0) is 6.54 Å². The number of anilines is 1. The molecular formula is C21H16Cl2N4O2. The molecule has 29 heavy (non-hydrogen) atoms. The van der Waals surface area contributed by atoms with Gasteiger partial charge in [0, 0.05) is 17.1 Å². The van der Waals surface area contributed by atoms with Crippen molar-refractivity contribution in [2.45, 2.75) is 6.54 Å². The van der Waals surface area contributed by atoms with Gasteiger partial charge in [-0.05, 0) is 35.9 Å². The minimum Gasteiger partial charge on any atom is -0.497 e. The molecule has 2 aromatic carbocycles. The fourth-order valence-electron chi connectivity index (χ4n) is 3.17. The summed E-state index contributed by atoms with van der Waals surface area (Å²) in [7, 11) is 1.60. The highest BCUT2D eigenvalue weighted by molar-refractivity contribution is 6.39. The topological polar surface area (TPSA) is 83.0 Å². The van der Waals surface area contributed by atoms with Crippen LogP contribution in [0.3, 0.4) is 0 Å². The number of hydrogen-bond acceptors (Lipinski definition) is 5. The summed E-state index contributed by atoms with van der Waals surface area (Å²) in [6, 6.07) is 14.2. The normalized spacial score (nSPS) is 11.0. The van der Waals surface area contributed by atoms with Crippen molar-refractivity contribution in [3.63, 3.8) is 0 Å². The SMILES string of the molecule is COc1ccc(Cn2c(=O)c(-c3c(Cl)cccc3Cl)cc3cnc(N)nc32)cc1. The van der Waals surface area contributed by atoms with Crippen LogP contribution in [0.1, 0.15) is 5.56 Å². The van der Waals surface area contributed by atoms with Crippen molar-refractivity contribution in [3.8, 4) is 16.9 Å². The van der Waals surface area contributed by atoms with Crippen molar-refractivity contribution in [2.75, 3.05) is 12.8 Å². The summed E-state index contributed by atoms with van der Waals surface area (Å²) < 4.78 is 6.74. The summed E-state index contributed by atoms with van der Waals surface area (Å²) >= 11 is 12.7. The molecule has 8 heteroatoms. The summed E-state index contributed by atoms with van der Waals surface area (Å²) in [5.41, 5.74) is 7.68. The average molecular weight is 427 g/mol. The van der Waals surface area contributed by atoms with Crippen LogP contribution in [0.4, 0.5) is 5.95 Å². The molecule has 0 aliphatic heterocycles. The van der Waals surface area contributed by atoms with Gasteiger partial charge < -0.3 is 10.5 Å². The van der Waals surface area contributed by atoms with E-state index >= 15 is 0 Å². The van der Waals surface area contributed by atoms with Gasteiger partial charge in [0.15, 0.2) is 0 Å². The van der Waals surface area contributed by atoms with Gasteiger partial charge in [-0.15, -0.1) is 0 Å². The molecule has 4 aromatic rings. The van der Waals surface area contributed by atoms with Gasteiger partial charge in [0.2, 0.25) is 5.95 Å². The van der Waals surface area contributed by atoms with Crippen molar-refractivity contribution in [2.24, 2.45) is 0 Å². The van der Waals surface area contributed by atoms with Crippen LogP contribution < -0.4 is 16.0 Å². The molecular weight excluding hydrogens is 411 g/mol. The van der Waals surface area contributed by atoms with Crippen LogP contribution in [0.2, 0.25) is 10.0 Å². The third-order valence-corrected chi connectivity index (χ3v) is 5.21. The molecule has 0 atom stereocenters. The van der Waals surface area contributed by atoms with E-state index in [0.29, 0.717) is 32.2 Å². The number of halogens is 2. The van der Waals surface area contributed by atoms with E-state index < -0.39 is 0 Å². The molecule has 0 aliphatic carbocycles. The van der Waals surface area contributed by atoms with Crippen LogP contribution in [0, 0.1) is 0 Å². The molecule has 6 nitrogen and oxygen atoms in total. The van der Waals surface area contributed by atoms with Crippen LogP contribution in [0.25, 0.3) is 22.2 Å². The van der Waals surface area contributed by atoms with E-state index in [9.17, 15) is 4.79 Å². The highest BCUT2D eigenvalue weighted by atomic mass is 35.5. The first kappa shape index (κ1) is 19.2. The lowest BCUT2D eigenvalue weighted by atomic mass is 10.1. The second kappa shape index (κ2) is 7.73. The summed E-state index contributed by atoms with van der Waals surface area (Å²) in [5.74, 6) is 0.818. The quantitative estimate of drug-likeness (QED) is 0.522. The van der Waals surface area contributed by atoms with Gasteiger partial charge in [0.05, 0.1) is 29.3 Å². The maximum absolute atomic E-state index is 13.4. The number of benzene rings is 2. The number of nitrogen functional groups attached to an aromatic ring is 1. The molecule has 0 radical (unpaired) electrons. The maximum atomic E-state index is 13.4. The minimum atomic E-state index is -0.276. The number of methoxy groups -OCH3 is 1. The van der Waals surface area contributed by atoms with Gasteiger partial charge in [-0.2, -0.15) is 4.98 Å². The zero-order chi connectivity index (χ0) is 20.5. The number of ether oxygens (including phenoxy) is 1. The number of aromatic nitrogens is 3. The lowest BCUT2D eigenvalue weighted by Crippen LogP contribution is -2.24. The second-order valence-corrected chi connectivity index (χ2v) is 7.22. The van der Waals surface area contributed by atoms with Crippen LogP contribution >= 0.6 is 23.2 Å². The molecule has 4 rings (SSSR count). The van der Waals surface area contributed by atoms with Crippen molar-refractivity contribution >= 4 is 40.2 Å². The molecule has 146 valence electrons. The van der Waals surface area contributed by atoms with Crippen molar-refractivity contribution in [1.82, 2.24) is 14.5 Å². The van der Waals surface area contributed by atoms with Gasteiger partial charge in [-0.3, -0.25) is 9.36 Å². The van der Waals surface area contributed by atoms with Gasteiger partial charge in [-0.1, -0.05) is 41.4 Å². The molecule has 0 saturated carbocycles. The van der Waals surface area contributed by atoms with Gasteiger partial charge in [-0.25, -0.2) is 4.98 Å². The molecule has 0 saturated heterocycles. The van der Waals surface area contributed by atoms with Crippen molar-refractivity contribution in [3.05, 3.63) is 80.7 Å². The summed E-state index contributed by atoms with van der Waals surface area (Å²) in [4.78, 5) is 21.8. The Bertz CT molecular complexity index is 1250. The van der Waals surface area contributed by atoms with Crippen LogP contribution in [0.5, 0.6) is 5.75 Å². The van der Waals surface area contributed by atoms with Crippen LogP contribution in [0.15, 0.2) is 59.5 Å². The Labute approximate surface area is 176 Å². The van der Waals surface area contributed by atoms with Gasteiger partial charge >= 0.3 is 0 Å². The number of fused-ring (bicyclic) bond motifs is 1. The lowest BCUT2D eigenvalue weighted by molar-refractivity contribution is 0.414. The number of pyridine rings is 1. The first-order chi connectivity index (χ1) is 14.0. The first-order valence-electron chi connectivity index (χ1n) is 8.71. The largest absolute Gasteiger partial charge is 0.497 e. The Kier molecular flexibility index (Phi) is 5.13. The lowest BCUT2D eigenvalue weighted by Gasteiger charge is -2.14. The molecule has 0 spiro atoms. The smallest absolute Gasteiger partial charge is 0.260 e. The monoisotopic (exact) mass is 426 g/mol.